The normalized spacial score (nSPS) is 15.7. The SMILES string of the molecule is COC(=O)CC(NC(=O)C1CC1)c1ccccc1Cl. The summed E-state index contributed by atoms with van der Waals surface area (Å²) in [6, 6.07) is 6.75. The second kappa shape index (κ2) is 6.06. The zero-order valence-electron chi connectivity index (χ0n) is 10.7. The number of amides is 1. The van der Waals surface area contributed by atoms with E-state index < -0.39 is 6.04 Å². The van der Waals surface area contributed by atoms with Gasteiger partial charge in [-0.05, 0) is 24.5 Å². The van der Waals surface area contributed by atoms with E-state index in [1.165, 1.54) is 7.11 Å². The first-order valence-corrected chi connectivity index (χ1v) is 6.61. The summed E-state index contributed by atoms with van der Waals surface area (Å²) in [4.78, 5) is 23.3. The van der Waals surface area contributed by atoms with Crippen LogP contribution in [-0.4, -0.2) is 19.0 Å². The molecule has 19 heavy (non-hydrogen) atoms. The van der Waals surface area contributed by atoms with E-state index in [-0.39, 0.29) is 24.2 Å². The Labute approximate surface area is 117 Å². The monoisotopic (exact) mass is 281 g/mol. The first-order valence-electron chi connectivity index (χ1n) is 6.23. The van der Waals surface area contributed by atoms with Crippen LogP contribution in [0.15, 0.2) is 24.3 Å². The van der Waals surface area contributed by atoms with E-state index in [1.54, 1.807) is 6.07 Å². The third-order valence-corrected chi connectivity index (χ3v) is 3.49. The first kappa shape index (κ1) is 13.9. The van der Waals surface area contributed by atoms with Gasteiger partial charge in [-0.3, -0.25) is 9.59 Å². The van der Waals surface area contributed by atoms with Crippen LogP contribution in [0.1, 0.15) is 30.9 Å². The maximum Gasteiger partial charge on any atom is 0.307 e. The molecule has 0 saturated heterocycles. The number of benzene rings is 1. The van der Waals surface area contributed by atoms with E-state index in [0.717, 1.165) is 18.4 Å². The fourth-order valence-electron chi connectivity index (χ4n) is 1.88. The topological polar surface area (TPSA) is 55.4 Å². The van der Waals surface area contributed by atoms with E-state index in [4.69, 9.17) is 11.6 Å². The summed E-state index contributed by atoms with van der Waals surface area (Å²) in [5, 5.41) is 3.41. The number of esters is 1. The molecule has 1 aromatic rings. The molecule has 5 heteroatoms. The molecule has 102 valence electrons. The molecule has 0 aliphatic heterocycles. The van der Waals surface area contributed by atoms with Gasteiger partial charge in [-0.15, -0.1) is 0 Å². The second-order valence-electron chi connectivity index (χ2n) is 4.64. The molecule has 1 aliphatic rings. The van der Waals surface area contributed by atoms with Gasteiger partial charge in [-0.2, -0.15) is 0 Å². The number of ether oxygens (including phenoxy) is 1. The Balaban J connectivity index is 2.15. The van der Waals surface area contributed by atoms with Gasteiger partial charge in [0, 0.05) is 10.9 Å². The molecule has 1 saturated carbocycles. The summed E-state index contributed by atoms with van der Waals surface area (Å²) in [6.45, 7) is 0. The molecule has 0 bridgehead atoms. The molecule has 4 nitrogen and oxygen atoms in total. The smallest absolute Gasteiger partial charge is 0.307 e. The third kappa shape index (κ3) is 3.70. The van der Waals surface area contributed by atoms with Gasteiger partial charge >= 0.3 is 5.97 Å². The van der Waals surface area contributed by atoms with Crippen molar-refractivity contribution < 1.29 is 14.3 Å². The van der Waals surface area contributed by atoms with Crippen LogP contribution in [-0.2, 0) is 14.3 Å². The Morgan fingerprint density at radius 2 is 2.11 bits per heavy atom. The van der Waals surface area contributed by atoms with E-state index in [0.29, 0.717) is 5.02 Å². The zero-order valence-corrected chi connectivity index (χ0v) is 11.4. The minimum atomic E-state index is -0.436. The summed E-state index contributed by atoms with van der Waals surface area (Å²) < 4.78 is 4.67. The van der Waals surface area contributed by atoms with Gasteiger partial charge in [-0.25, -0.2) is 0 Å². The first-order chi connectivity index (χ1) is 9.11. The number of nitrogens with one attached hydrogen (secondary N) is 1. The number of hydrogen-bond acceptors (Lipinski definition) is 3. The molecular formula is C14H16ClNO3. The van der Waals surface area contributed by atoms with Crippen molar-refractivity contribution in [3.8, 4) is 0 Å². The van der Waals surface area contributed by atoms with Crippen LogP contribution in [0, 0.1) is 5.92 Å². The van der Waals surface area contributed by atoms with Gasteiger partial charge in [0.25, 0.3) is 0 Å². The van der Waals surface area contributed by atoms with Crippen molar-refractivity contribution in [1.82, 2.24) is 5.32 Å². The molecule has 0 heterocycles. The van der Waals surface area contributed by atoms with Gasteiger partial charge in [0.1, 0.15) is 0 Å². The number of methoxy groups -OCH3 is 1. The van der Waals surface area contributed by atoms with Crippen molar-refractivity contribution in [2.45, 2.75) is 25.3 Å². The fourth-order valence-corrected chi connectivity index (χ4v) is 2.15. The average molecular weight is 282 g/mol. The fraction of sp³-hybridized carbons (Fsp3) is 0.429. The highest BCUT2D eigenvalue weighted by Gasteiger charge is 2.32. The van der Waals surface area contributed by atoms with Crippen LogP contribution in [0.4, 0.5) is 0 Å². The summed E-state index contributed by atoms with van der Waals surface area (Å²) in [6.07, 6.45) is 1.91. The molecule has 2 rings (SSSR count). The Kier molecular flexibility index (Phi) is 4.43. The van der Waals surface area contributed by atoms with Crippen molar-refractivity contribution in [3.63, 3.8) is 0 Å². The van der Waals surface area contributed by atoms with Crippen LogP contribution >= 0.6 is 11.6 Å². The average Bonchev–Trinajstić information content (AvgIpc) is 3.22. The third-order valence-electron chi connectivity index (χ3n) is 3.14. The highest BCUT2D eigenvalue weighted by Crippen LogP contribution is 2.31. The van der Waals surface area contributed by atoms with Crippen molar-refractivity contribution in [2.24, 2.45) is 5.92 Å². The maximum atomic E-state index is 11.9. The number of carbonyl (C=O) groups excluding carboxylic acids is 2. The molecule has 1 N–H and O–H groups in total. The number of hydrogen-bond donors (Lipinski definition) is 1. The van der Waals surface area contributed by atoms with Gasteiger partial charge in [0.05, 0.1) is 19.6 Å². The molecule has 0 radical (unpaired) electrons. The van der Waals surface area contributed by atoms with Crippen molar-refractivity contribution >= 4 is 23.5 Å². The predicted octanol–water partition coefficient (Wildman–Crippen LogP) is 2.47. The van der Waals surface area contributed by atoms with E-state index >= 15 is 0 Å². The molecule has 1 amide bonds. The van der Waals surface area contributed by atoms with Crippen LogP contribution in [0.3, 0.4) is 0 Å². The van der Waals surface area contributed by atoms with Crippen molar-refractivity contribution in [1.29, 1.82) is 0 Å². The lowest BCUT2D eigenvalue weighted by Crippen LogP contribution is -2.31. The number of rotatable bonds is 5. The standard InChI is InChI=1S/C14H16ClNO3/c1-19-13(17)8-12(16-14(18)9-6-7-9)10-4-2-3-5-11(10)15/h2-5,9,12H,6-8H2,1H3,(H,16,18). The van der Waals surface area contributed by atoms with Gasteiger partial charge in [0.15, 0.2) is 0 Å². The van der Waals surface area contributed by atoms with E-state index in [1.807, 2.05) is 18.2 Å². The molecule has 1 atom stereocenters. The molecule has 1 aliphatic carbocycles. The second-order valence-corrected chi connectivity index (χ2v) is 5.04. The van der Waals surface area contributed by atoms with Crippen LogP contribution < -0.4 is 5.32 Å². The summed E-state index contributed by atoms with van der Waals surface area (Å²) in [5.41, 5.74) is 0.739. The van der Waals surface area contributed by atoms with E-state index in [2.05, 4.69) is 10.1 Å². The van der Waals surface area contributed by atoms with Gasteiger partial charge < -0.3 is 10.1 Å². The highest BCUT2D eigenvalue weighted by molar-refractivity contribution is 6.31. The molecular weight excluding hydrogens is 266 g/mol. The highest BCUT2D eigenvalue weighted by atomic mass is 35.5. The number of carbonyl (C=O) groups is 2. The molecule has 1 fully saturated rings. The minimum Gasteiger partial charge on any atom is -0.469 e. The molecule has 1 unspecified atom stereocenters. The zero-order chi connectivity index (χ0) is 13.8. The Bertz CT molecular complexity index is 485. The summed E-state index contributed by atoms with van der Waals surface area (Å²) in [7, 11) is 1.33. The van der Waals surface area contributed by atoms with Gasteiger partial charge in [0.2, 0.25) is 5.91 Å². The predicted molar refractivity (Wildman–Crippen MR) is 71.7 cm³/mol. The summed E-state index contributed by atoms with van der Waals surface area (Å²) >= 11 is 6.12. The Morgan fingerprint density at radius 3 is 2.68 bits per heavy atom. The van der Waals surface area contributed by atoms with Crippen molar-refractivity contribution in [3.05, 3.63) is 34.9 Å². The lowest BCUT2D eigenvalue weighted by atomic mass is 10.0. The Hall–Kier alpha value is -1.55. The lowest BCUT2D eigenvalue weighted by molar-refractivity contribution is -0.141. The van der Waals surface area contributed by atoms with Crippen LogP contribution in [0.5, 0.6) is 0 Å². The Morgan fingerprint density at radius 1 is 1.42 bits per heavy atom. The van der Waals surface area contributed by atoms with Crippen molar-refractivity contribution in [2.75, 3.05) is 7.11 Å². The van der Waals surface area contributed by atoms with Crippen LogP contribution in [0.25, 0.3) is 0 Å². The largest absolute Gasteiger partial charge is 0.469 e. The van der Waals surface area contributed by atoms with Gasteiger partial charge in [-0.1, -0.05) is 29.8 Å². The summed E-state index contributed by atoms with van der Waals surface area (Å²) in [5.74, 6) is -0.308. The van der Waals surface area contributed by atoms with Crippen LogP contribution in [0.2, 0.25) is 5.02 Å². The quantitative estimate of drug-likeness (QED) is 0.844. The molecule has 1 aromatic carbocycles. The lowest BCUT2D eigenvalue weighted by Gasteiger charge is -2.19. The van der Waals surface area contributed by atoms with E-state index in [9.17, 15) is 9.59 Å². The number of halogens is 1. The molecule has 0 aromatic heterocycles. The minimum absolute atomic E-state index is 0.0196. The molecule has 0 spiro atoms. The maximum absolute atomic E-state index is 11.9.